The molecule has 0 spiro atoms. The average molecular weight is 330 g/mol. The molecule has 0 saturated carbocycles. The summed E-state index contributed by atoms with van der Waals surface area (Å²) in [4.78, 5) is 28.7. The molecular weight excluding hydrogens is 304 g/mol. The standard InChI is InChI=1S/C18H26N4O2/c1-14(23)16-4-2-3-5-17(16)20-18(24)13-21-9-6-15(12-21)22-10-7-19-8-11-22/h2-5,15,19H,6-13H2,1H3,(H,20,24). The maximum Gasteiger partial charge on any atom is 0.238 e. The summed E-state index contributed by atoms with van der Waals surface area (Å²) in [6.45, 7) is 8.10. The molecule has 1 amide bonds. The highest BCUT2D eigenvalue weighted by Gasteiger charge is 2.29. The summed E-state index contributed by atoms with van der Waals surface area (Å²) in [6, 6.07) is 7.73. The zero-order valence-corrected chi connectivity index (χ0v) is 14.3. The van der Waals surface area contributed by atoms with Gasteiger partial charge in [0.15, 0.2) is 5.78 Å². The van der Waals surface area contributed by atoms with Crippen molar-refractivity contribution in [1.29, 1.82) is 0 Å². The Morgan fingerprint density at radius 2 is 1.96 bits per heavy atom. The van der Waals surface area contributed by atoms with Crippen LogP contribution in [0.15, 0.2) is 24.3 Å². The minimum atomic E-state index is -0.0512. The lowest BCUT2D eigenvalue weighted by Gasteiger charge is -2.32. The molecular formula is C18H26N4O2. The summed E-state index contributed by atoms with van der Waals surface area (Å²) in [5, 5.41) is 6.26. The van der Waals surface area contributed by atoms with Gasteiger partial charge < -0.3 is 10.6 Å². The van der Waals surface area contributed by atoms with Crippen LogP contribution in [0.25, 0.3) is 0 Å². The first-order valence-electron chi connectivity index (χ1n) is 8.70. The van der Waals surface area contributed by atoms with E-state index in [1.54, 1.807) is 12.1 Å². The van der Waals surface area contributed by atoms with E-state index in [2.05, 4.69) is 20.4 Å². The largest absolute Gasteiger partial charge is 0.324 e. The van der Waals surface area contributed by atoms with Gasteiger partial charge in [-0.1, -0.05) is 12.1 Å². The number of carbonyl (C=O) groups excluding carboxylic acids is 2. The monoisotopic (exact) mass is 330 g/mol. The number of likely N-dealkylation sites (tertiary alicyclic amines) is 1. The number of benzene rings is 1. The molecule has 0 radical (unpaired) electrons. The SMILES string of the molecule is CC(=O)c1ccccc1NC(=O)CN1CCC(N2CCNCC2)C1. The van der Waals surface area contributed by atoms with E-state index in [1.165, 1.54) is 6.92 Å². The second-order valence-corrected chi connectivity index (χ2v) is 6.61. The van der Waals surface area contributed by atoms with Gasteiger partial charge in [-0.15, -0.1) is 0 Å². The minimum absolute atomic E-state index is 0.0363. The molecule has 2 aliphatic heterocycles. The van der Waals surface area contributed by atoms with E-state index >= 15 is 0 Å². The summed E-state index contributed by atoms with van der Waals surface area (Å²) in [6.07, 6.45) is 1.12. The van der Waals surface area contributed by atoms with Crippen LogP contribution in [0.3, 0.4) is 0 Å². The van der Waals surface area contributed by atoms with Gasteiger partial charge >= 0.3 is 0 Å². The van der Waals surface area contributed by atoms with Gasteiger partial charge in [0.1, 0.15) is 0 Å². The summed E-state index contributed by atoms with van der Waals surface area (Å²) < 4.78 is 0. The van der Waals surface area contributed by atoms with Crippen LogP contribution in [0.2, 0.25) is 0 Å². The van der Waals surface area contributed by atoms with Crippen molar-refractivity contribution >= 4 is 17.4 Å². The van der Waals surface area contributed by atoms with Crippen LogP contribution in [0.1, 0.15) is 23.7 Å². The number of carbonyl (C=O) groups is 2. The highest BCUT2D eigenvalue weighted by atomic mass is 16.2. The van der Waals surface area contributed by atoms with E-state index in [4.69, 9.17) is 0 Å². The summed E-state index contributed by atoms with van der Waals surface area (Å²) in [5.41, 5.74) is 1.17. The number of Topliss-reactive ketones (excluding diaryl/α,β-unsaturated/α-hetero) is 1. The molecule has 0 aromatic heterocycles. The molecule has 6 nitrogen and oxygen atoms in total. The Kier molecular flexibility index (Phi) is 5.60. The van der Waals surface area contributed by atoms with Gasteiger partial charge in [0, 0.05) is 50.9 Å². The molecule has 2 fully saturated rings. The maximum absolute atomic E-state index is 12.3. The normalized spacial score (nSPS) is 22.5. The van der Waals surface area contributed by atoms with Gasteiger partial charge in [-0.25, -0.2) is 0 Å². The Labute approximate surface area is 143 Å². The van der Waals surface area contributed by atoms with Crippen LogP contribution in [0.4, 0.5) is 5.69 Å². The zero-order valence-electron chi connectivity index (χ0n) is 14.3. The van der Waals surface area contributed by atoms with E-state index in [9.17, 15) is 9.59 Å². The van der Waals surface area contributed by atoms with Crippen molar-refractivity contribution in [3.05, 3.63) is 29.8 Å². The van der Waals surface area contributed by atoms with Crippen molar-refractivity contribution in [2.24, 2.45) is 0 Å². The first-order valence-corrected chi connectivity index (χ1v) is 8.70. The van der Waals surface area contributed by atoms with Crippen LogP contribution in [-0.2, 0) is 4.79 Å². The van der Waals surface area contributed by atoms with Gasteiger partial charge in [0.05, 0.1) is 12.2 Å². The Balaban J connectivity index is 1.52. The number of nitrogens with zero attached hydrogens (tertiary/aromatic N) is 2. The van der Waals surface area contributed by atoms with Crippen molar-refractivity contribution in [3.8, 4) is 0 Å². The molecule has 0 bridgehead atoms. The fraction of sp³-hybridized carbons (Fsp3) is 0.556. The lowest BCUT2D eigenvalue weighted by Crippen LogP contribution is -2.49. The minimum Gasteiger partial charge on any atom is -0.324 e. The zero-order chi connectivity index (χ0) is 16.9. The number of nitrogens with one attached hydrogen (secondary N) is 2. The van der Waals surface area contributed by atoms with Gasteiger partial charge in [-0.05, 0) is 25.5 Å². The highest BCUT2D eigenvalue weighted by molar-refractivity contribution is 6.04. The third-order valence-corrected chi connectivity index (χ3v) is 4.86. The second kappa shape index (κ2) is 7.88. The average Bonchev–Trinajstić information content (AvgIpc) is 3.04. The first kappa shape index (κ1) is 17.1. The Hall–Kier alpha value is -1.76. The van der Waals surface area contributed by atoms with Crippen LogP contribution in [-0.4, -0.2) is 73.3 Å². The third kappa shape index (κ3) is 4.20. The van der Waals surface area contributed by atoms with Crippen molar-refractivity contribution in [2.45, 2.75) is 19.4 Å². The van der Waals surface area contributed by atoms with Crippen LogP contribution in [0.5, 0.6) is 0 Å². The molecule has 6 heteroatoms. The Morgan fingerprint density at radius 1 is 1.21 bits per heavy atom. The van der Waals surface area contributed by atoms with Crippen molar-refractivity contribution in [3.63, 3.8) is 0 Å². The number of rotatable bonds is 5. The molecule has 1 unspecified atom stereocenters. The van der Waals surface area contributed by atoms with Crippen LogP contribution < -0.4 is 10.6 Å². The molecule has 1 aromatic rings. The predicted octanol–water partition coefficient (Wildman–Crippen LogP) is 0.807. The molecule has 24 heavy (non-hydrogen) atoms. The third-order valence-electron chi connectivity index (χ3n) is 4.86. The number of ketones is 1. The van der Waals surface area contributed by atoms with Crippen molar-refractivity contribution < 1.29 is 9.59 Å². The Morgan fingerprint density at radius 3 is 2.71 bits per heavy atom. The smallest absolute Gasteiger partial charge is 0.238 e. The fourth-order valence-electron chi connectivity index (χ4n) is 3.59. The number of para-hydroxylation sites is 1. The van der Waals surface area contributed by atoms with Crippen molar-refractivity contribution in [2.75, 3.05) is 51.1 Å². The topological polar surface area (TPSA) is 64.7 Å². The Bertz CT molecular complexity index is 598. The van der Waals surface area contributed by atoms with Gasteiger partial charge in [0.2, 0.25) is 5.91 Å². The van der Waals surface area contributed by atoms with E-state index in [0.717, 1.165) is 45.7 Å². The summed E-state index contributed by atoms with van der Waals surface area (Å²) in [7, 11) is 0. The van der Waals surface area contributed by atoms with E-state index in [1.807, 2.05) is 12.1 Å². The number of piperazine rings is 1. The number of anilines is 1. The van der Waals surface area contributed by atoms with E-state index in [-0.39, 0.29) is 11.7 Å². The number of amides is 1. The highest BCUT2D eigenvalue weighted by Crippen LogP contribution is 2.18. The van der Waals surface area contributed by atoms with Crippen molar-refractivity contribution in [1.82, 2.24) is 15.1 Å². The van der Waals surface area contributed by atoms with Crippen LogP contribution >= 0.6 is 0 Å². The predicted molar refractivity (Wildman–Crippen MR) is 94.4 cm³/mol. The summed E-state index contributed by atoms with van der Waals surface area (Å²) >= 11 is 0. The van der Waals surface area contributed by atoms with Gasteiger partial charge in [-0.2, -0.15) is 0 Å². The lowest BCUT2D eigenvalue weighted by molar-refractivity contribution is -0.117. The van der Waals surface area contributed by atoms with Crippen LogP contribution in [0, 0.1) is 0 Å². The molecule has 2 saturated heterocycles. The molecule has 0 aliphatic carbocycles. The molecule has 2 heterocycles. The molecule has 3 rings (SSSR count). The molecule has 2 N–H and O–H groups in total. The summed E-state index contributed by atoms with van der Waals surface area (Å²) in [5.74, 6) is -0.0875. The maximum atomic E-state index is 12.3. The van der Waals surface area contributed by atoms with E-state index in [0.29, 0.717) is 23.8 Å². The molecule has 1 atom stereocenters. The lowest BCUT2D eigenvalue weighted by atomic mass is 10.1. The van der Waals surface area contributed by atoms with E-state index < -0.39 is 0 Å². The fourth-order valence-corrected chi connectivity index (χ4v) is 3.59. The van der Waals surface area contributed by atoms with Gasteiger partial charge in [0.25, 0.3) is 0 Å². The number of hydrogen-bond donors (Lipinski definition) is 2. The molecule has 1 aromatic carbocycles. The quantitative estimate of drug-likeness (QED) is 0.782. The van der Waals surface area contributed by atoms with Gasteiger partial charge in [-0.3, -0.25) is 19.4 Å². The number of hydrogen-bond acceptors (Lipinski definition) is 5. The molecule has 2 aliphatic rings. The second-order valence-electron chi connectivity index (χ2n) is 6.61. The first-order chi connectivity index (χ1) is 11.6. The molecule has 130 valence electrons.